The van der Waals surface area contributed by atoms with Crippen LogP contribution in [-0.2, 0) is 15.7 Å². The molecule has 1 aliphatic carbocycles. The standard InChI is InChI=1S/C30H36F4N4O4/c1-18-13-21(30(32,33)34)15-24(14-18)36(2)29(41)37(3)26-17-38(16-25(26)19-5-9-22(31)10-6-19)27(39)20-7-11-23(12-8-20)35-28(40)42-4/h5-6,9-10,13-15,20,23,25-26H,7-8,11-12,16-17H2,1-4H3,(H,35,40)/t20?,23?,25-,26+/m0/s1. The third kappa shape index (κ3) is 6.96. The van der Waals surface area contributed by atoms with Gasteiger partial charge in [-0.2, -0.15) is 13.2 Å². The number of urea groups is 1. The molecule has 8 nitrogen and oxygen atoms in total. The Kier molecular flexibility index (Phi) is 9.32. The number of alkyl carbamates (subject to hydrolysis) is 1. The zero-order chi connectivity index (χ0) is 30.8. The van der Waals surface area contributed by atoms with Crippen molar-refractivity contribution in [2.24, 2.45) is 5.92 Å². The Balaban J connectivity index is 1.53. The van der Waals surface area contributed by atoms with E-state index in [1.807, 2.05) is 0 Å². The SMILES string of the molecule is COC(=O)NC1CCC(C(=O)N2C[C@@H](N(C)C(=O)N(C)c3cc(C)cc(C(F)(F)F)c3)[C@H](c3ccc(F)cc3)C2)CC1. The molecule has 0 bridgehead atoms. The summed E-state index contributed by atoms with van der Waals surface area (Å²) in [5, 5.41) is 2.78. The topological polar surface area (TPSA) is 82.2 Å². The second kappa shape index (κ2) is 12.6. The molecule has 42 heavy (non-hydrogen) atoms. The summed E-state index contributed by atoms with van der Waals surface area (Å²) in [6.45, 7) is 2.06. The van der Waals surface area contributed by atoms with E-state index in [1.165, 1.54) is 49.1 Å². The van der Waals surface area contributed by atoms with Gasteiger partial charge in [0.05, 0.1) is 18.7 Å². The molecular weight excluding hydrogens is 556 g/mol. The number of methoxy groups -OCH3 is 1. The van der Waals surface area contributed by atoms with Crippen LogP contribution in [0.5, 0.6) is 0 Å². The fourth-order valence-electron chi connectivity index (χ4n) is 5.97. The predicted octanol–water partition coefficient (Wildman–Crippen LogP) is 5.55. The number of aryl methyl sites for hydroxylation is 1. The molecule has 1 saturated heterocycles. The number of amides is 4. The average Bonchev–Trinajstić information content (AvgIpc) is 3.41. The fourth-order valence-corrected chi connectivity index (χ4v) is 5.97. The molecule has 2 aromatic rings. The van der Waals surface area contributed by atoms with Crippen molar-refractivity contribution < 1.29 is 36.7 Å². The lowest BCUT2D eigenvalue weighted by atomic mass is 9.85. The molecule has 2 atom stereocenters. The molecule has 0 radical (unpaired) electrons. The van der Waals surface area contributed by atoms with E-state index in [-0.39, 0.29) is 36.0 Å². The van der Waals surface area contributed by atoms with Gasteiger partial charge in [0.15, 0.2) is 0 Å². The van der Waals surface area contributed by atoms with Crippen molar-refractivity contribution in [3.05, 3.63) is 65.0 Å². The molecule has 2 fully saturated rings. The largest absolute Gasteiger partial charge is 0.453 e. The Morgan fingerprint density at radius 2 is 1.62 bits per heavy atom. The van der Waals surface area contributed by atoms with Crippen molar-refractivity contribution in [2.75, 3.05) is 39.2 Å². The van der Waals surface area contributed by atoms with Gasteiger partial charge >= 0.3 is 18.3 Å². The van der Waals surface area contributed by atoms with Crippen LogP contribution in [0.4, 0.5) is 32.8 Å². The van der Waals surface area contributed by atoms with Crippen molar-refractivity contribution >= 4 is 23.7 Å². The third-order valence-electron chi connectivity index (χ3n) is 8.35. The van der Waals surface area contributed by atoms with Gasteiger partial charge in [-0.1, -0.05) is 12.1 Å². The first-order valence-corrected chi connectivity index (χ1v) is 13.9. The fraction of sp³-hybridized carbons (Fsp3) is 0.500. The molecule has 1 aliphatic heterocycles. The van der Waals surface area contributed by atoms with Gasteiger partial charge in [-0.05, 0) is 74.1 Å². The number of hydrogen-bond acceptors (Lipinski definition) is 4. The Morgan fingerprint density at radius 3 is 2.21 bits per heavy atom. The first-order valence-electron chi connectivity index (χ1n) is 13.9. The molecule has 4 rings (SSSR count). The minimum absolute atomic E-state index is 0.0520. The number of nitrogens with zero attached hydrogens (tertiary/aromatic N) is 3. The maximum absolute atomic E-state index is 13.7. The number of likely N-dealkylation sites (N-methyl/N-ethyl adjacent to an activating group) is 1. The summed E-state index contributed by atoms with van der Waals surface area (Å²) >= 11 is 0. The van der Waals surface area contributed by atoms with E-state index in [2.05, 4.69) is 10.1 Å². The molecule has 1 N–H and O–H groups in total. The molecular formula is C30H36F4N4O4. The molecule has 0 unspecified atom stereocenters. The highest BCUT2D eigenvalue weighted by atomic mass is 19.4. The number of rotatable bonds is 5. The van der Waals surface area contributed by atoms with Crippen molar-refractivity contribution in [2.45, 2.75) is 56.8 Å². The lowest BCUT2D eigenvalue weighted by Crippen LogP contribution is -2.48. The zero-order valence-electron chi connectivity index (χ0n) is 24.1. The summed E-state index contributed by atoms with van der Waals surface area (Å²) in [6.07, 6.45) is -2.64. The zero-order valence-corrected chi connectivity index (χ0v) is 24.1. The minimum atomic E-state index is -4.56. The summed E-state index contributed by atoms with van der Waals surface area (Å²) in [5.41, 5.74) is 0.360. The average molecular weight is 593 g/mol. The van der Waals surface area contributed by atoms with Gasteiger partial charge in [-0.15, -0.1) is 0 Å². The molecule has 2 aromatic carbocycles. The highest BCUT2D eigenvalue weighted by Gasteiger charge is 2.43. The van der Waals surface area contributed by atoms with Gasteiger partial charge in [-0.25, -0.2) is 14.0 Å². The van der Waals surface area contributed by atoms with Crippen LogP contribution in [0.2, 0.25) is 0 Å². The number of nitrogens with one attached hydrogen (secondary N) is 1. The summed E-state index contributed by atoms with van der Waals surface area (Å²) in [4.78, 5) is 43.1. The monoisotopic (exact) mass is 592 g/mol. The molecule has 0 aromatic heterocycles. The van der Waals surface area contributed by atoms with E-state index in [9.17, 15) is 31.9 Å². The maximum atomic E-state index is 13.7. The second-order valence-electron chi connectivity index (χ2n) is 11.2. The summed E-state index contributed by atoms with van der Waals surface area (Å²) in [7, 11) is 4.28. The third-order valence-corrected chi connectivity index (χ3v) is 8.35. The number of hydrogen-bond donors (Lipinski definition) is 1. The smallest absolute Gasteiger partial charge is 0.416 e. The number of carbonyl (C=O) groups is 3. The number of alkyl halides is 3. The van der Waals surface area contributed by atoms with E-state index in [0.29, 0.717) is 37.8 Å². The van der Waals surface area contributed by atoms with Crippen LogP contribution in [0.3, 0.4) is 0 Å². The number of anilines is 1. The molecule has 12 heteroatoms. The summed E-state index contributed by atoms with van der Waals surface area (Å²) < 4.78 is 58.7. The van der Waals surface area contributed by atoms with Crippen LogP contribution in [0.15, 0.2) is 42.5 Å². The summed E-state index contributed by atoms with van der Waals surface area (Å²) in [5.74, 6) is -1.05. The van der Waals surface area contributed by atoms with Gasteiger partial charge in [0, 0.05) is 50.7 Å². The Labute approximate surface area is 242 Å². The number of carbonyl (C=O) groups excluding carboxylic acids is 3. The van der Waals surface area contributed by atoms with Crippen molar-refractivity contribution in [3.63, 3.8) is 0 Å². The maximum Gasteiger partial charge on any atom is 0.416 e. The second-order valence-corrected chi connectivity index (χ2v) is 11.2. The first kappa shape index (κ1) is 31.1. The van der Waals surface area contributed by atoms with E-state index in [1.54, 1.807) is 24.1 Å². The van der Waals surface area contributed by atoms with Crippen LogP contribution >= 0.6 is 0 Å². The van der Waals surface area contributed by atoms with E-state index >= 15 is 0 Å². The van der Waals surface area contributed by atoms with Crippen LogP contribution < -0.4 is 10.2 Å². The lowest BCUT2D eigenvalue weighted by Gasteiger charge is -2.33. The molecule has 2 aliphatic rings. The normalized spacial score (nSPS) is 22.4. The number of benzene rings is 2. The first-order chi connectivity index (χ1) is 19.8. The number of ether oxygens (including phenoxy) is 1. The van der Waals surface area contributed by atoms with E-state index < -0.39 is 35.7 Å². The number of likely N-dealkylation sites (tertiary alicyclic amines) is 1. The van der Waals surface area contributed by atoms with Gasteiger partial charge in [0.2, 0.25) is 5.91 Å². The Hall–Kier alpha value is -3.83. The van der Waals surface area contributed by atoms with Gasteiger partial charge in [-0.3, -0.25) is 9.69 Å². The lowest BCUT2D eigenvalue weighted by molar-refractivity contribution is -0.137. The highest BCUT2D eigenvalue weighted by Crippen LogP contribution is 2.36. The van der Waals surface area contributed by atoms with Gasteiger partial charge in [0.25, 0.3) is 0 Å². The predicted molar refractivity (Wildman–Crippen MR) is 149 cm³/mol. The van der Waals surface area contributed by atoms with E-state index in [4.69, 9.17) is 0 Å². The van der Waals surface area contributed by atoms with E-state index in [0.717, 1.165) is 17.7 Å². The Morgan fingerprint density at radius 1 is 0.976 bits per heavy atom. The van der Waals surface area contributed by atoms with Gasteiger partial charge in [0.1, 0.15) is 5.82 Å². The van der Waals surface area contributed by atoms with Crippen molar-refractivity contribution in [3.8, 4) is 0 Å². The van der Waals surface area contributed by atoms with Crippen LogP contribution in [0.25, 0.3) is 0 Å². The quantitative estimate of drug-likeness (QED) is 0.462. The molecule has 1 saturated carbocycles. The molecule has 1 heterocycles. The Bertz CT molecular complexity index is 1300. The number of halogens is 4. The molecule has 0 spiro atoms. The molecule has 4 amide bonds. The minimum Gasteiger partial charge on any atom is -0.453 e. The van der Waals surface area contributed by atoms with Crippen LogP contribution in [0.1, 0.15) is 48.3 Å². The summed E-state index contributed by atoms with van der Waals surface area (Å²) in [6, 6.07) is 8.27. The van der Waals surface area contributed by atoms with Crippen molar-refractivity contribution in [1.29, 1.82) is 0 Å². The van der Waals surface area contributed by atoms with Crippen LogP contribution in [-0.4, -0.2) is 74.2 Å². The molecule has 228 valence electrons. The van der Waals surface area contributed by atoms with Crippen LogP contribution in [0, 0.1) is 18.7 Å². The highest BCUT2D eigenvalue weighted by molar-refractivity contribution is 5.92. The van der Waals surface area contributed by atoms with Gasteiger partial charge < -0.3 is 19.9 Å². The van der Waals surface area contributed by atoms with Crippen molar-refractivity contribution in [1.82, 2.24) is 15.1 Å².